The number of esters is 1. The Morgan fingerprint density at radius 2 is 1.98 bits per heavy atom. The molecule has 2 aromatic carbocycles. The third kappa shape index (κ3) is 5.89. The smallest absolute Gasteiger partial charge is 0.312 e. The number of carbonyl (C=O) groups excluding carboxylic acids is 2. The van der Waals surface area contributed by atoms with Crippen LogP contribution in [0.2, 0.25) is 0 Å². The number of quaternary nitrogens is 1. The molecule has 0 radical (unpaired) electrons. The maximum absolute atomic E-state index is 12.4. The lowest BCUT2D eigenvalue weighted by molar-refractivity contribution is -0.848. The number of aliphatic carboxylic acids is 1. The standard InChI is InChI=1S/C36H38N4O13/c1-47-22-4-3-19-20-15-49-23-10-18(9-17(13-40-12-16-5-7-38-21(16)14-40)26(23)29(20)52-30(19)31(22)48-2)50-35-28(45)27(44)32(46)36(53-35)6-8-39-34(37)33(36)51-25(43)11-24(41)42/h3-5,7-10,12,20,27-29,32-35,44-46H,6,11,13-15,37H2,1-2H3,(H,41,42). The van der Waals surface area contributed by atoms with Crippen LogP contribution in [0.4, 0.5) is 0 Å². The number of hydrogen-bond acceptors (Lipinski definition) is 16. The number of carbonyl (C=O) groups is 2. The molecule has 10 atom stereocenters. The molecule has 53 heavy (non-hydrogen) atoms. The number of aliphatic hydroxyl groups is 3. The molecule has 2 aromatic rings. The van der Waals surface area contributed by atoms with Gasteiger partial charge in [0.1, 0.15) is 72.7 Å². The van der Waals surface area contributed by atoms with Crippen LogP contribution in [-0.4, -0.2) is 109 Å². The normalized spacial score (nSPS) is 33.1. The predicted molar refractivity (Wildman–Crippen MR) is 179 cm³/mol. The van der Waals surface area contributed by atoms with Crippen molar-refractivity contribution in [2.45, 2.75) is 73.9 Å². The molecule has 280 valence electrons. The lowest BCUT2D eigenvalue weighted by Crippen LogP contribution is -3.05. The molecule has 17 nitrogen and oxygen atoms in total. The first-order valence-corrected chi connectivity index (χ1v) is 17.1. The quantitative estimate of drug-likeness (QED) is 0.138. The molecule has 0 bridgehead atoms. The van der Waals surface area contributed by atoms with E-state index in [1.54, 1.807) is 32.6 Å². The summed E-state index contributed by atoms with van der Waals surface area (Å²) in [6, 6.07) is 7.18. The topological polar surface area (TPSA) is 238 Å². The summed E-state index contributed by atoms with van der Waals surface area (Å²) in [5.41, 5.74) is 8.67. The lowest BCUT2D eigenvalue weighted by Gasteiger charge is -2.52. The number of nitrogens with zero attached hydrogens (tertiary/aromatic N) is 2. The van der Waals surface area contributed by atoms with Crippen molar-refractivity contribution in [2.75, 3.05) is 27.4 Å². The Bertz CT molecular complexity index is 1960. The summed E-state index contributed by atoms with van der Waals surface area (Å²) in [5.74, 6) is -0.862. The minimum Gasteiger partial charge on any atom is -0.550 e. The zero-order valence-electron chi connectivity index (χ0n) is 28.7. The molecule has 8 rings (SSSR count). The molecule has 0 saturated carbocycles. The van der Waals surface area contributed by atoms with Crippen LogP contribution in [0.5, 0.6) is 28.7 Å². The van der Waals surface area contributed by atoms with Gasteiger partial charge in [-0.25, -0.2) is 0 Å². The van der Waals surface area contributed by atoms with Crippen LogP contribution in [0.3, 0.4) is 0 Å². The van der Waals surface area contributed by atoms with Gasteiger partial charge in [0, 0.05) is 41.6 Å². The fourth-order valence-corrected chi connectivity index (χ4v) is 8.03. The van der Waals surface area contributed by atoms with Gasteiger partial charge in [-0.2, -0.15) is 0 Å². The van der Waals surface area contributed by atoms with Crippen molar-refractivity contribution < 1.29 is 68.1 Å². The number of fused-ring (bicyclic) bond motifs is 6. The molecule has 6 aliphatic rings. The third-order valence-electron chi connectivity index (χ3n) is 10.5. The van der Waals surface area contributed by atoms with Crippen LogP contribution in [0.1, 0.15) is 41.6 Å². The zero-order chi connectivity index (χ0) is 37.2. The molecule has 0 aliphatic carbocycles. The van der Waals surface area contributed by atoms with Crippen molar-refractivity contribution in [2.24, 2.45) is 15.7 Å². The summed E-state index contributed by atoms with van der Waals surface area (Å²) in [6.07, 6.45) is -4.67. The summed E-state index contributed by atoms with van der Waals surface area (Å²) in [5, 5.41) is 44.6. The van der Waals surface area contributed by atoms with Crippen molar-refractivity contribution in [3.05, 3.63) is 65.0 Å². The number of nitrogens with one attached hydrogen (secondary N) is 1. The molecule has 10 unspecified atom stereocenters. The highest BCUT2D eigenvalue weighted by atomic mass is 16.7. The average Bonchev–Trinajstić information content (AvgIpc) is 3.84. The lowest BCUT2D eigenvalue weighted by atomic mass is 9.77. The van der Waals surface area contributed by atoms with E-state index in [0.29, 0.717) is 36.1 Å². The molecular weight excluding hydrogens is 696 g/mol. The number of benzene rings is 2. The molecule has 17 heteroatoms. The Morgan fingerprint density at radius 1 is 1.15 bits per heavy atom. The Balaban J connectivity index is 1.14. The Labute approximate surface area is 302 Å². The molecule has 0 aromatic heterocycles. The van der Waals surface area contributed by atoms with Crippen molar-refractivity contribution in [3.63, 3.8) is 0 Å². The predicted octanol–water partition coefficient (Wildman–Crippen LogP) is -2.07. The highest BCUT2D eigenvalue weighted by Crippen LogP contribution is 2.57. The first kappa shape index (κ1) is 35.0. The van der Waals surface area contributed by atoms with Crippen LogP contribution in [0.15, 0.2) is 58.3 Å². The number of rotatable bonds is 9. The number of aliphatic hydroxyl groups excluding tert-OH is 3. The summed E-state index contributed by atoms with van der Waals surface area (Å²) >= 11 is 0. The highest BCUT2D eigenvalue weighted by molar-refractivity contribution is 6.06. The van der Waals surface area contributed by atoms with Gasteiger partial charge in [0.2, 0.25) is 12.0 Å². The van der Waals surface area contributed by atoms with E-state index in [-0.39, 0.29) is 24.7 Å². The van der Waals surface area contributed by atoms with E-state index >= 15 is 0 Å². The van der Waals surface area contributed by atoms with E-state index in [9.17, 15) is 30.0 Å². The zero-order valence-corrected chi connectivity index (χ0v) is 28.7. The minimum absolute atomic E-state index is 0.171. The largest absolute Gasteiger partial charge is 0.550 e. The van der Waals surface area contributed by atoms with Gasteiger partial charge in [0.05, 0.1) is 44.7 Å². The second kappa shape index (κ2) is 13.4. The second-order valence-electron chi connectivity index (χ2n) is 13.6. The van der Waals surface area contributed by atoms with Gasteiger partial charge in [-0.3, -0.25) is 19.7 Å². The molecule has 1 saturated heterocycles. The van der Waals surface area contributed by atoms with E-state index in [1.165, 1.54) is 6.21 Å². The van der Waals surface area contributed by atoms with Gasteiger partial charge in [-0.15, -0.1) is 0 Å². The molecular formula is C36H38N4O13. The first-order valence-electron chi connectivity index (χ1n) is 17.1. The Hall–Kier alpha value is -5.04. The average molecular weight is 735 g/mol. The van der Waals surface area contributed by atoms with Gasteiger partial charge in [-0.05, 0) is 18.2 Å². The molecule has 6 N–H and O–H groups in total. The van der Waals surface area contributed by atoms with Gasteiger partial charge in [0.25, 0.3) is 0 Å². The van der Waals surface area contributed by atoms with Crippen molar-refractivity contribution in [3.8, 4) is 28.7 Å². The third-order valence-corrected chi connectivity index (χ3v) is 10.5. The minimum atomic E-state index is -1.98. The fraction of sp³-hybridized carbons (Fsp3) is 0.444. The van der Waals surface area contributed by atoms with Crippen molar-refractivity contribution >= 4 is 23.9 Å². The summed E-state index contributed by atoms with van der Waals surface area (Å²) < 4.78 is 42.1. The van der Waals surface area contributed by atoms with Crippen LogP contribution in [0.25, 0.3) is 0 Å². The van der Waals surface area contributed by atoms with Crippen LogP contribution >= 0.6 is 0 Å². The maximum Gasteiger partial charge on any atom is 0.312 e. The van der Waals surface area contributed by atoms with E-state index in [2.05, 4.69) is 16.2 Å². The van der Waals surface area contributed by atoms with E-state index in [4.69, 9.17) is 38.9 Å². The SMILES string of the molecule is COc1ccc2c(c1OC)OC1c3c(C[NH+]4C=C5C=CN=C5C4)cc(OC4OC5(CC=NC(N)C5OC(=O)CC(=O)[O-])C(O)C(O)C4O)cc3OCC21. The molecule has 1 fully saturated rings. The first-order chi connectivity index (χ1) is 25.5. The summed E-state index contributed by atoms with van der Waals surface area (Å²) in [4.78, 5) is 33.1. The highest BCUT2D eigenvalue weighted by Gasteiger charge is 2.62. The van der Waals surface area contributed by atoms with Gasteiger partial charge >= 0.3 is 5.97 Å². The number of ether oxygens (including phenoxy) is 7. The second-order valence-corrected chi connectivity index (χ2v) is 13.6. The number of carboxylic acid groups (broad SMARTS) is 1. The Morgan fingerprint density at radius 3 is 2.74 bits per heavy atom. The maximum atomic E-state index is 12.4. The van der Waals surface area contributed by atoms with Gasteiger partial charge in [0.15, 0.2) is 17.6 Å². The van der Waals surface area contributed by atoms with Crippen LogP contribution in [-0.2, 0) is 25.6 Å². The van der Waals surface area contributed by atoms with E-state index in [1.807, 2.05) is 18.2 Å². The molecule has 0 amide bonds. The number of methoxy groups -OCH3 is 2. The molecule has 1 spiro atoms. The number of carboxylic acids is 1. The number of hydrogen-bond donors (Lipinski definition) is 5. The Kier molecular flexibility index (Phi) is 8.87. The van der Waals surface area contributed by atoms with E-state index in [0.717, 1.165) is 32.9 Å². The van der Waals surface area contributed by atoms with Crippen LogP contribution in [0, 0.1) is 0 Å². The van der Waals surface area contributed by atoms with E-state index < -0.39 is 66.9 Å². The summed E-state index contributed by atoms with van der Waals surface area (Å²) in [7, 11) is 3.11. The number of nitrogens with two attached hydrogens (primary N) is 1. The summed E-state index contributed by atoms with van der Waals surface area (Å²) in [6.45, 7) is 1.36. The fourth-order valence-electron chi connectivity index (χ4n) is 8.03. The van der Waals surface area contributed by atoms with Crippen LogP contribution < -0.4 is 39.4 Å². The van der Waals surface area contributed by atoms with Gasteiger partial charge < -0.3 is 64.1 Å². The molecule has 6 aliphatic heterocycles. The molecule has 6 heterocycles. The monoisotopic (exact) mass is 734 g/mol. The van der Waals surface area contributed by atoms with Crippen molar-refractivity contribution in [1.82, 2.24) is 0 Å². The number of allylic oxidation sites excluding steroid dienone is 1. The van der Waals surface area contributed by atoms with Gasteiger partial charge in [-0.1, -0.05) is 6.07 Å². The van der Waals surface area contributed by atoms with Crippen molar-refractivity contribution in [1.29, 1.82) is 0 Å². The number of aliphatic imine (C=N–C) groups is 2.